The van der Waals surface area contributed by atoms with Crippen molar-refractivity contribution in [3.63, 3.8) is 0 Å². The summed E-state index contributed by atoms with van der Waals surface area (Å²) in [5.74, 6) is -2.40. The molecule has 5 heteroatoms. The monoisotopic (exact) mass is 335 g/mol. The molecule has 126 valence electrons. The van der Waals surface area contributed by atoms with Crippen LogP contribution >= 0.6 is 0 Å². The van der Waals surface area contributed by atoms with E-state index in [1.54, 1.807) is 12.1 Å². The Morgan fingerprint density at radius 2 is 1.76 bits per heavy atom. The lowest BCUT2D eigenvalue weighted by Gasteiger charge is -2.01. The molecule has 0 bridgehead atoms. The van der Waals surface area contributed by atoms with Gasteiger partial charge >= 0.3 is 5.97 Å². The van der Waals surface area contributed by atoms with E-state index in [1.165, 1.54) is 30.5 Å². The van der Waals surface area contributed by atoms with Crippen LogP contribution in [-0.2, 0) is 6.42 Å². The van der Waals surface area contributed by atoms with Gasteiger partial charge in [0.1, 0.15) is 5.92 Å². The molecule has 2 aromatic rings. The lowest BCUT2D eigenvalue weighted by Crippen LogP contribution is -2.16. The quantitative estimate of drug-likeness (QED) is 0.666. The molecule has 0 fully saturated rings. The first-order valence-corrected chi connectivity index (χ1v) is 8.10. The Bertz CT molecular complexity index is 881. The fraction of sp³-hybridized carbons (Fsp3) is 0.200. The number of ketones is 2. The first kappa shape index (κ1) is 16.8. The van der Waals surface area contributed by atoms with Gasteiger partial charge in [0.15, 0.2) is 11.6 Å². The minimum atomic E-state index is -1.02. The molecule has 0 radical (unpaired) electrons. The predicted octanol–water partition coefficient (Wildman–Crippen LogP) is 3.74. The van der Waals surface area contributed by atoms with Crippen LogP contribution in [0.2, 0.25) is 0 Å². The fourth-order valence-corrected chi connectivity index (χ4v) is 2.89. The maximum Gasteiger partial charge on any atom is 0.335 e. The van der Waals surface area contributed by atoms with Crippen molar-refractivity contribution in [3.05, 3.63) is 64.7 Å². The number of aryl methyl sites for hydroxylation is 1. The largest absolute Gasteiger partial charge is 0.478 e. The Morgan fingerprint density at radius 1 is 1.08 bits per heavy atom. The molecule has 1 aliphatic rings. The van der Waals surface area contributed by atoms with E-state index in [0.717, 1.165) is 18.4 Å². The number of rotatable bonds is 5. The van der Waals surface area contributed by atoms with E-state index in [-0.39, 0.29) is 17.1 Å². The zero-order valence-corrected chi connectivity index (χ0v) is 13.7. The van der Waals surface area contributed by atoms with Crippen LogP contribution in [0.25, 0.3) is 0 Å². The van der Waals surface area contributed by atoms with E-state index >= 15 is 0 Å². The van der Waals surface area contributed by atoms with Crippen LogP contribution in [0.4, 0.5) is 5.69 Å². The Kier molecular flexibility index (Phi) is 4.57. The average Bonchev–Trinajstić information content (AvgIpc) is 2.84. The van der Waals surface area contributed by atoms with E-state index in [2.05, 4.69) is 11.9 Å². The highest BCUT2D eigenvalue weighted by atomic mass is 16.4. The van der Waals surface area contributed by atoms with Gasteiger partial charge in [-0.1, -0.05) is 25.5 Å². The molecule has 1 unspecified atom stereocenters. The molecule has 1 aliphatic carbocycles. The van der Waals surface area contributed by atoms with Crippen molar-refractivity contribution in [1.29, 1.82) is 0 Å². The summed E-state index contributed by atoms with van der Waals surface area (Å²) in [7, 11) is 0. The van der Waals surface area contributed by atoms with Gasteiger partial charge in [-0.25, -0.2) is 4.79 Å². The second-order valence-electron chi connectivity index (χ2n) is 5.97. The van der Waals surface area contributed by atoms with E-state index < -0.39 is 11.9 Å². The molecular weight excluding hydrogens is 318 g/mol. The van der Waals surface area contributed by atoms with Gasteiger partial charge in [-0.3, -0.25) is 14.6 Å². The smallest absolute Gasteiger partial charge is 0.335 e. The van der Waals surface area contributed by atoms with Gasteiger partial charge in [0.25, 0.3) is 0 Å². The van der Waals surface area contributed by atoms with Crippen molar-refractivity contribution in [2.24, 2.45) is 10.9 Å². The van der Waals surface area contributed by atoms with Gasteiger partial charge in [-0.2, -0.15) is 0 Å². The van der Waals surface area contributed by atoms with Gasteiger partial charge in [-0.15, -0.1) is 0 Å². The summed E-state index contributed by atoms with van der Waals surface area (Å²) >= 11 is 0. The van der Waals surface area contributed by atoms with E-state index in [0.29, 0.717) is 16.8 Å². The molecular formula is C20H17NO4. The number of carboxylic acids is 1. The number of fused-ring (bicyclic) bond motifs is 1. The minimum absolute atomic E-state index is 0.155. The highest BCUT2D eigenvalue weighted by Crippen LogP contribution is 2.28. The molecule has 0 aliphatic heterocycles. The topological polar surface area (TPSA) is 83.8 Å². The number of aliphatic imine (C=N–C) groups is 1. The van der Waals surface area contributed by atoms with Crippen LogP contribution in [0.15, 0.2) is 47.5 Å². The Hall–Kier alpha value is -3.08. The molecule has 0 saturated heterocycles. The normalized spacial score (nSPS) is 16.4. The summed E-state index contributed by atoms with van der Waals surface area (Å²) in [6, 6.07) is 11.3. The molecule has 0 heterocycles. The third-order valence-electron chi connectivity index (χ3n) is 4.21. The van der Waals surface area contributed by atoms with Crippen molar-refractivity contribution < 1.29 is 19.5 Å². The molecule has 0 spiro atoms. The number of benzene rings is 2. The van der Waals surface area contributed by atoms with Gasteiger partial charge in [-0.05, 0) is 42.3 Å². The van der Waals surface area contributed by atoms with Gasteiger partial charge in [0, 0.05) is 17.3 Å². The number of carbonyl (C=O) groups is 3. The molecule has 0 aromatic heterocycles. The number of Topliss-reactive ketones (excluding diaryl/α,β-unsaturated/α-hetero) is 2. The number of nitrogens with zero attached hydrogens (tertiary/aromatic N) is 1. The van der Waals surface area contributed by atoms with Crippen molar-refractivity contribution in [3.8, 4) is 0 Å². The maximum atomic E-state index is 12.5. The lowest BCUT2D eigenvalue weighted by atomic mass is 10.0. The Morgan fingerprint density at radius 3 is 2.40 bits per heavy atom. The molecule has 5 nitrogen and oxygen atoms in total. The summed E-state index contributed by atoms with van der Waals surface area (Å²) < 4.78 is 0. The maximum absolute atomic E-state index is 12.5. The second kappa shape index (κ2) is 6.81. The van der Waals surface area contributed by atoms with Gasteiger partial charge < -0.3 is 5.11 Å². The van der Waals surface area contributed by atoms with Crippen molar-refractivity contribution in [1.82, 2.24) is 0 Å². The van der Waals surface area contributed by atoms with Crippen LogP contribution in [0.5, 0.6) is 0 Å². The van der Waals surface area contributed by atoms with Crippen molar-refractivity contribution >= 4 is 29.4 Å². The Balaban J connectivity index is 1.82. The van der Waals surface area contributed by atoms with E-state index in [4.69, 9.17) is 5.11 Å². The molecule has 25 heavy (non-hydrogen) atoms. The lowest BCUT2D eigenvalue weighted by molar-refractivity contribution is 0.0696. The van der Waals surface area contributed by atoms with E-state index in [1.807, 2.05) is 6.07 Å². The number of hydrogen-bond acceptors (Lipinski definition) is 4. The van der Waals surface area contributed by atoms with Crippen molar-refractivity contribution in [2.45, 2.75) is 19.8 Å². The number of aromatic carboxylic acids is 1. The molecule has 2 aromatic carbocycles. The van der Waals surface area contributed by atoms with Crippen LogP contribution in [-0.4, -0.2) is 28.9 Å². The summed E-state index contributed by atoms with van der Waals surface area (Å²) in [5, 5.41) is 8.88. The summed E-state index contributed by atoms with van der Waals surface area (Å²) in [5.41, 5.74) is 2.61. The third-order valence-corrected chi connectivity index (χ3v) is 4.21. The molecule has 1 atom stereocenters. The molecule has 1 N–H and O–H groups in total. The number of hydrogen-bond donors (Lipinski definition) is 1. The average molecular weight is 335 g/mol. The van der Waals surface area contributed by atoms with Gasteiger partial charge in [0.05, 0.1) is 11.3 Å². The number of carboxylic acid groups (broad SMARTS) is 1. The predicted molar refractivity (Wildman–Crippen MR) is 94.1 cm³/mol. The second-order valence-corrected chi connectivity index (χ2v) is 5.97. The zero-order chi connectivity index (χ0) is 18.0. The van der Waals surface area contributed by atoms with Crippen molar-refractivity contribution in [2.75, 3.05) is 0 Å². The molecule has 0 amide bonds. The highest BCUT2D eigenvalue weighted by Gasteiger charge is 2.37. The van der Waals surface area contributed by atoms with Gasteiger partial charge in [0.2, 0.25) is 0 Å². The summed E-state index contributed by atoms with van der Waals surface area (Å²) in [6.45, 7) is 2.06. The van der Waals surface area contributed by atoms with E-state index in [9.17, 15) is 14.4 Å². The standard InChI is InChI=1S/C20H17NO4/c1-2-3-12-4-9-15-16(10-12)19(23)17(18(15)22)11-21-14-7-5-13(6-8-14)20(24)25/h4-11,17H,2-3H2,1H3,(H,24,25). The first-order chi connectivity index (χ1) is 12.0. The minimum Gasteiger partial charge on any atom is -0.478 e. The van der Waals surface area contributed by atoms with Crippen LogP contribution in [0.1, 0.15) is 50.0 Å². The number of carbonyl (C=O) groups excluding carboxylic acids is 2. The highest BCUT2D eigenvalue weighted by molar-refractivity contribution is 6.33. The zero-order valence-electron chi connectivity index (χ0n) is 13.7. The Labute approximate surface area is 145 Å². The first-order valence-electron chi connectivity index (χ1n) is 8.10. The molecule has 3 rings (SSSR count). The fourth-order valence-electron chi connectivity index (χ4n) is 2.89. The van der Waals surface area contributed by atoms with Crippen LogP contribution < -0.4 is 0 Å². The van der Waals surface area contributed by atoms with Crippen LogP contribution in [0.3, 0.4) is 0 Å². The van der Waals surface area contributed by atoms with Crippen LogP contribution in [0, 0.1) is 5.92 Å². The SMILES string of the molecule is CCCc1ccc2c(c1)C(=O)C(C=Nc1ccc(C(=O)O)cc1)C2=O. The third kappa shape index (κ3) is 3.26. The summed E-state index contributed by atoms with van der Waals surface area (Å²) in [6.07, 6.45) is 3.18. The summed E-state index contributed by atoms with van der Waals surface area (Å²) in [4.78, 5) is 40.0. The molecule has 0 saturated carbocycles.